The second-order valence-corrected chi connectivity index (χ2v) is 11.0. The summed E-state index contributed by atoms with van der Waals surface area (Å²) >= 11 is 0. The molecule has 2 aromatic heterocycles. The van der Waals surface area contributed by atoms with Gasteiger partial charge in [-0.05, 0) is 78.0 Å². The van der Waals surface area contributed by atoms with Crippen molar-refractivity contribution in [3.63, 3.8) is 0 Å². The topological polar surface area (TPSA) is 86.5 Å². The van der Waals surface area contributed by atoms with Gasteiger partial charge in [0, 0.05) is 36.1 Å². The molecule has 0 radical (unpaired) electrons. The number of pyridine rings is 1. The minimum atomic E-state index is -0.347. The van der Waals surface area contributed by atoms with Crippen LogP contribution >= 0.6 is 0 Å². The number of nitrogens with zero attached hydrogens (tertiary/aromatic N) is 4. The number of ether oxygens (including phenoxy) is 2. The summed E-state index contributed by atoms with van der Waals surface area (Å²) in [5.74, 6) is 1.88. The maximum Gasteiger partial charge on any atom is 0.414 e. The third kappa shape index (κ3) is 5.00. The average molecular weight is 519 g/mol. The number of carbonyl (C=O) groups is 2. The fourth-order valence-electron chi connectivity index (χ4n) is 6.15. The Morgan fingerprint density at radius 3 is 2.66 bits per heavy atom. The molecule has 38 heavy (non-hydrogen) atoms. The molecule has 3 heterocycles. The van der Waals surface area contributed by atoms with Crippen LogP contribution in [0, 0.1) is 5.92 Å². The summed E-state index contributed by atoms with van der Waals surface area (Å²) in [6, 6.07) is 10.2. The second kappa shape index (κ2) is 10.8. The van der Waals surface area contributed by atoms with Crippen molar-refractivity contribution in [3.05, 3.63) is 47.4 Å². The zero-order chi connectivity index (χ0) is 27.0. The van der Waals surface area contributed by atoms with Crippen LogP contribution in [0.5, 0.6) is 5.88 Å². The van der Waals surface area contributed by atoms with Gasteiger partial charge in [0.05, 0.1) is 35.6 Å². The maximum absolute atomic E-state index is 12.7. The maximum atomic E-state index is 12.7. The van der Waals surface area contributed by atoms with Gasteiger partial charge < -0.3 is 14.0 Å². The van der Waals surface area contributed by atoms with Crippen molar-refractivity contribution in [2.75, 3.05) is 12.0 Å². The molecule has 8 nitrogen and oxygen atoms in total. The number of benzene rings is 1. The molecule has 1 aliphatic heterocycles. The van der Waals surface area contributed by atoms with E-state index in [0.29, 0.717) is 12.3 Å². The molecule has 1 aliphatic carbocycles. The monoisotopic (exact) mass is 518 g/mol. The molecular weight excluding hydrogens is 480 g/mol. The number of fused-ring (bicyclic) bond motifs is 3. The third-order valence-electron chi connectivity index (χ3n) is 7.96. The highest BCUT2D eigenvalue weighted by Gasteiger charge is 2.33. The largest absolute Gasteiger partial charge is 0.475 e. The van der Waals surface area contributed by atoms with Gasteiger partial charge in [0.25, 0.3) is 0 Å². The zero-order valence-electron chi connectivity index (χ0n) is 23.1. The number of Topliss-reactive ketones (excluding diaryl/α,β-unsaturated/α-hetero) is 1. The molecule has 1 saturated carbocycles. The quantitative estimate of drug-likeness (QED) is 0.396. The number of carbonyl (C=O) groups excluding carboxylic acids is 2. The van der Waals surface area contributed by atoms with Crippen molar-refractivity contribution in [2.24, 2.45) is 5.92 Å². The number of rotatable bonds is 6. The fraction of sp³-hybridized carbons (Fsp3) is 0.533. The van der Waals surface area contributed by atoms with E-state index in [1.54, 1.807) is 11.8 Å². The van der Waals surface area contributed by atoms with E-state index in [1.807, 2.05) is 38.1 Å². The first kappa shape index (κ1) is 26.2. The van der Waals surface area contributed by atoms with Crippen LogP contribution in [-0.2, 0) is 22.4 Å². The van der Waals surface area contributed by atoms with E-state index >= 15 is 0 Å². The molecule has 202 valence electrons. The van der Waals surface area contributed by atoms with Crippen LogP contribution in [-0.4, -0.2) is 45.7 Å². The van der Waals surface area contributed by atoms with Gasteiger partial charge in [-0.2, -0.15) is 0 Å². The van der Waals surface area contributed by atoms with Gasteiger partial charge in [-0.3, -0.25) is 9.69 Å². The molecule has 8 heteroatoms. The Hall–Kier alpha value is -3.42. The number of ketones is 1. The van der Waals surface area contributed by atoms with Crippen molar-refractivity contribution in [3.8, 4) is 5.88 Å². The van der Waals surface area contributed by atoms with Gasteiger partial charge in [0.1, 0.15) is 11.6 Å². The van der Waals surface area contributed by atoms with Crippen LogP contribution in [0.4, 0.5) is 10.5 Å². The minimum absolute atomic E-state index is 0.0414. The lowest BCUT2D eigenvalue weighted by atomic mass is 9.83. The van der Waals surface area contributed by atoms with Crippen LogP contribution in [0.3, 0.4) is 0 Å². The summed E-state index contributed by atoms with van der Waals surface area (Å²) in [4.78, 5) is 36.7. The smallest absolute Gasteiger partial charge is 0.414 e. The van der Waals surface area contributed by atoms with Crippen molar-refractivity contribution in [1.82, 2.24) is 14.5 Å². The van der Waals surface area contributed by atoms with Crippen LogP contribution < -0.4 is 9.64 Å². The van der Waals surface area contributed by atoms with Crippen molar-refractivity contribution < 1.29 is 19.1 Å². The van der Waals surface area contributed by atoms with E-state index in [0.717, 1.165) is 72.3 Å². The van der Waals surface area contributed by atoms with E-state index in [2.05, 4.69) is 17.6 Å². The Kier molecular flexibility index (Phi) is 7.41. The molecule has 1 aromatic carbocycles. The minimum Gasteiger partial charge on any atom is -0.475 e. The predicted octanol–water partition coefficient (Wildman–Crippen LogP) is 6.04. The van der Waals surface area contributed by atoms with Crippen molar-refractivity contribution in [2.45, 2.75) is 90.8 Å². The third-order valence-corrected chi connectivity index (χ3v) is 7.96. The molecule has 0 bridgehead atoms. The lowest BCUT2D eigenvalue weighted by Gasteiger charge is -2.34. The Balaban J connectivity index is 1.62. The van der Waals surface area contributed by atoms with E-state index in [4.69, 9.17) is 19.4 Å². The SMILES string of the molecule is COC(=O)N1c2ccc3c(nc(Cc4cccc(OC(C)C)n4)n3[C@@H]3CCC[C@@H](C(C)=O)C3)c2CC[C@@H]1C. The van der Waals surface area contributed by atoms with E-state index in [9.17, 15) is 9.59 Å². The first-order valence-electron chi connectivity index (χ1n) is 13.8. The summed E-state index contributed by atoms with van der Waals surface area (Å²) in [5, 5.41) is 0. The van der Waals surface area contributed by atoms with Crippen LogP contribution in [0.25, 0.3) is 11.0 Å². The van der Waals surface area contributed by atoms with Crippen molar-refractivity contribution in [1.29, 1.82) is 0 Å². The van der Waals surface area contributed by atoms with Crippen molar-refractivity contribution >= 4 is 28.6 Å². The average Bonchev–Trinajstić information content (AvgIpc) is 3.26. The number of hydrogen-bond donors (Lipinski definition) is 0. The summed E-state index contributed by atoms with van der Waals surface area (Å²) < 4.78 is 13.3. The standard InChI is InChI=1S/C30H38N4O4/c1-18(2)38-28-11-7-9-22(31-28)17-27-32-29-24-13-12-19(3)33(30(36)37-5)25(24)14-15-26(29)34(27)23-10-6-8-21(16-23)20(4)35/h7,9,11,14-15,18-19,21,23H,6,8,10,12-13,16-17H2,1-5H3/t19-,21+,23+/m0/s1. The Morgan fingerprint density at radius 1 is 1.11 bits per heavy atom. The molecule has 1 amide bonds. The highest BCUT2D eigenvalue weighted by Crippen LogP contribution is 2.41. The molecule has 2 aliphatic rings. The van der Waals surface area contributed by atoms with E-state index in [-0.39, 0.29) is 36.0 Å². The predicted molar refractivity (Wildman–Crippen MR) is 147 cm³/mol. The van der Waals surface area contributed by atoms with E-state index < -0.39 is 0 Å². The normalized spacial score (nSPS) is 21.4. The molecule has 3 aromatic rings. The van der Waals surface area contributed by atoms with Gasteiger partial charge in [0.2, 0.25) is 5.88 Å². The van der Waals surface area contributed by atoms with Gasteiger partial charge in [-0.1, -0.05) is 12.5 Å². The lowest BCUT2D eigenvalue weighted by Crippen LogP contribution is -2.42. The number of hydrogen-bond acceptors (Lipinski definition) is 6. The zero-order valence-corrected chi connectivity index (χ0v) is 23.1. The van der Waals surface area contributed by atoms with Crippen LogP contribution in [0.15, 0.2) is 30.3 Å². The summed E-state index contributed by atoms with van der Waals surface area (Å²) in [6.45, 7) is 7.74. The number of aromatic nitrogens is 3. The van der Waals surface area contributed by atoms with Crippen LogP contribution in [0.2, 0.25) is 0 Å². The Morgan fingerprint density at radius 2 is 1.92 bits per heavy atom. The molecule has 0 saturated heterocycles. The first-order chi connectivity index (χ1) is 18.3. The Bertz CT molecular complexity index is 1350. The number of anilines is 1. The molecule has 3 atom stereocenters. The van der Waals surface area contributed by atoms with Crippen LogP contribution in [0.1, 0.15) is 82.9 Å². The fourth-order valence-corrected chi connectivity index (χ4v) is 6.15. The molecule has 0 unspecified atom stereocenters. The number of amides is 1. The van der Waals surface area contributed by atoms with Gasteiger partial charge >= 0.3 is 6.09 Å². The highest BCUT2D eigenvalue weighted by atomic mass is 16.5. The van der Waals surface area contributed by atoms with Gasteiger partial charge in [-0.25, -0.2) is 14.8 Å². The summed E-state index contributed by atoms with van der Waals surface area (Å²) in [5.41, 5.74) is 4.82. The van der Waals surface area contributed by atoms with Gasteiger partial charge in [0.15, 0.2) is 0 Å². The Labute approximate surface area is 224 Å². The number of imidazole rings is 1. The molecule has 1 fully saturated rings. The number of methoxy groups -OCH3 is 1. The lowest BCUT2D eigenvalue weighted by molar-refractivity contribution is -0.122. The van der Waals surface area contributed by atoms with Gasteiger partial charge in [-0.15, -0.1) is 0 Å². The molecule has 0 N–H and O–H groups in total. The number of aryl methyl sites for hydroxylation is 1. The van der Waals surface area contributed by atoms with E-state index in [1.165, 1.54) is 7.11 Å². The second-order valence-electron chi connectivity index (χ2n) is 11.0. The first-order valence-corrected chi connectivity index (χ1v) is 13.8. The summed E-state index contributed by atoms with van der Waals surface area (Å²) in [6.07, 6.45) is 5.73. The molecule has 0 spiro atoms. The summed E-state index contributed by atoms with van der Waals surface area (Å²) in [7, 11) is 1.42. The highest BCUT2D eigenvalue weighted by molar-refractivity contribution is 5.95. The molecule has 5 rings (SSSR count). The molecular formula is C30H38N4O4.